The molecule has 0 fully saturated rings. The number of amides is 1. The van der Waals surface area contributed by atoms with E-state index in [9.17, 15) is 9.59 Å². The first-order valence-electron chi connectivity index (χ1n) is 8.29. The Morgan fingerprint density at radius 2 is 1.93 bits per heavy atom. The van der Waals surface area contributed by atoms with Crippen molar-refractivity contribution in [1.29, 1.82) is 0 Å². The van der Waals surface area contributed by atoms with Crippen molar-refractivity contribution in [3.05, 3.63) is 58.9 Å². The fourth-order valence-electron chi connectivity index (χ4n) is 2.50. The Balaban J connectivity index is 1.60. The molecule has 0 aliphatic rings. The van der Waals surface area contributed by atoms with Gasteiger partial charge in [-0.05, 0) is 12.1 Å². The Bertz CT molecular complexity index is 969. The Kier molecular flexibility index (Phi) is 6.23. The number of nitrogens with zero attached hydrogens (tertiary/aromatic N) is 1. The summed E-state index contributed by atoms with van der Waals surface area (Å²) in [5.41, 5.74) is 2.48. The first-order chi connectivity index (χ1) is 13.6. The van der Waals surface area contributed by atoms with Gasteiger partial charge in [0.1, 0.15) is 5.75 Å². The van der Waals surface area contributed by atoms with Gasteiger partial charge in [0.2, 0.25) is 5.88 Å². The molecule has 3 rings (SSSR count). The minimum absolute atomic E-state index is 0.239. The summed E-state index contributed by atoms with van der Waals surface area (Å²) in [6.45, 7) is -0.239. The smallest absolute Gasteiger partial charge is 0.340 e. The van der Waals surface area contributed by atoms with E-state index in [-0.39, 0.29) is 6.61 Å². The minimum atomic E-state index is -0.508. The molecule has 1 N–H and O–H groups in total. The van der Waals surface area contributed by atoms with Crippen molar-refractivity contribution >= 4 is 28.9 Å². The Morgan fingerprint density at radius 1 is 1.11 bits per heavy atom. The van der Waals surface area contributed by atoms with E-state index < -0.39 is 11.9 Å². The van der Waals surface area contributed by atoms with Crippen molar-refractivity contribution in [2.75, 3.05) is 26.1 Å². The van der Waals surface area contributed by atoms with Gasteiger partial charge in [-0.2, -0.15) is 0 Å². The SMILES string of the molecule is COC(=O)c1cscc1NC(=O)COc1ccc(-c2ccccc2OC)cn1. The van der Waals surface area contributed by atoms with Crippen LogP contribution in [0.25, 0.3) is 11.1 Å². The summed E-state index contributed by atoms with van der Waals surface area (Å²) < 4.78 is 15.4. The molecule has 0 aliphatic carbocycles. The first kappa shape index (κ1) is 19.4. The van der Waals surface area contributed by atoms with Crippen LogP contribution in [-0.2, 0) is 9.53 Å². The number of carbonyl (C=O) groups is 2. The van der Waals surface area contributed by atoms with E-state index in [0.717, 1.165) is 16.9 Å². The fraction of sp³-hybridized carbons (Fsp3) is 0.150. The molecule has 2 aromatic heterocycles. The third-order valence-corrected chi connectivity index (χ3v) is 4.59. The van der Waals surface area contributed by atoms with Gasteiger partial charge in [0.15, 0.2) is 6.61 Å². The average Bonchev–Trinajstić information content (AvgIpc) is 3.20. The van der Waals surface area contributed by atoms with Crippen LogP contribution in [0.15, 0.2) is 53.4 Å². The summed E-state index contributed by atoms with van der Waals surface area (Å²) in [5, 5.41) is 5.90. The van der Waals surface area contributed by atoms with E-state index in [4.69, 9.17) is 9.47 Å². The number of anilines is 1. The molecule has 0 saturated carbocycles. The van der Waals surface area contributed by atoms with Gasteiger partial charge in [-0.1, -0.05) is 18.2 Å². The van der Waals surface area contributed by atoms with Crippen LogP contribution in [0.1, 0.15) is 10.4 Å². The van der Waals surface area contributed by atoms with E-state index in [2.05, 4.69) is 15.0 Å². The molecule has 0 spiro atoms. The zero-order valence-corrected chi connectivity index (χ0v) is 16.1. The standard InChI is InChI=1S/C20H18N2O5S/c1-25-17-6-4-3-5-14(17)13-7-8-19(21-9-13)27-10-18(23)22-16-12-28-11-15(16)20(24)26-2/h3-9,11-12H,10H2,1-2H3,(H,22,23). The summed E-state index contributed by atoms with van der Waals surface area (Å²) >= 11 is 1.29. The monoisotopic (exact) mass is 398 g/mol. The Hall–Kier alpha value is -3.39. The second-order valence-electron chi connectivity index (χ2n) is 5.61. The highest BCUT2D eigenvalue weighted by Gasteiger charge is 2.15. The molecule has 1 amide bonds. The van der Waals surface area contributed by atoms with Crippen LogP contribution in [0.3, 0.4) is 0 Å². The highest BCUT2D eigenvalue weighted by Crippen LogP contribution is 2.29. The van der Waals surface area contributed by atoms with Crippen molar-refractivity contribution < 1.29 is 23.8 Å². The number of carbonyl (C=O) groups excluding carboxylic acids is 2. The normalized spacial score (nSPS) is 10.2. The lowest BCUT2D eigenvalue weighted by atomic mass is 10.1. The topological polar surface area (TPSA) is 86.8 Å². The number of esters is 1. The van der Waals surface area contributed by atoms with Crippen LogP contribution in [0.4, 0.5) is 5.69 Å². The van der Waals surface area contributed by atoms with E-state index in [1.807, 2.05) is 30.3 Å². The number of hydrogen-bond acceptors (Lipinski definition) is 7. The van der Waals surface area contributed by atoms with Gasteiger partial charge in [-0.15, -0.1) is 11.3 Å². The molecule has 0 atom stereocenters. The molecule has 0 aliphatic heterocycles. The number of para-hydroxylation sites is 1. The van der Waals surface area contributed by atoms with Crippen LogP contribution in [0.2, 0.25) is 0 Å². The molecule has 0 unspecified atom stereocenters. The zero-order valence-electron chi connectivity index (χ0n) is 15.3. The number of rotatable bonds is 7. The molecule has 0 radical (unpaired) electrons. The van der Waals surface area contributed by atoms with E-state index in [1.165, 1.54) is 18.4 Å². The Labute approximate surface area is 165 Å². The predicted octanol–water partition coefficient (Wildman–Crippen LogP) is 3.62. The van der Waals surface area contributed by atoms with Crippen molar-refractivity contribution in [1.82, 2.24) is 4.98 Å². The third-order valence-electron chi connectivity index (χ3n) is 3.85. The van der Waals surface area contributed by atoms with E-state index >= 15 is 0 Å². The number of aromatic nitrogens is 1. The van der Waals surface area contributed by atoms with Crippen LogP contribution in [0, 0.1) is 0 Å². The van der Waals surface area contributed by atoms with Crippen LogP contribution in [-0.4, -0.2) is 37.7 Å². The Morgan fingerprint density at radius 3 is 2.64 bits per heavy atom. The average molecular weight is 398 g/mol. The van der Waals surface area contributed by atoms with Crippen LogP contribution < -0.4 is 14.8 Å². The number of pyridine rings is 1. The molecule has 8 heteroatoms. The molecule has 0 bridgehead atoms. The van der Waals surface area contributed by atoms with Gasteiger partial charge in [-0.25, -0.2) is 9.78 Å². The molecular formula is C20H18N2O5S. The highest BCUT2D eigenvalue weighted by atomic mass is 32.1. The fourth-order valence-corrected chi connectivity index (χ4v) is 3.25. The summed E-state index contributed by atoms with van der Waals surface area (Å²) in [5.74, 6) is 0.145. The number of nitrogens with one attached hydrogen (secondary N) is 1. The quantitative estimate of drug-likeness (QED) is 0.612. The summed E-state index contributed by atoms with van der Waals surface area (Å²) in [7, 11) is 2.90. The van der Waals surface area contributed by atoms with Gasteiger partial charge in [0, 0.05) is 34.2 Å². The van der Waals surface area contributed by atoms with Gasteiger partial charge >= 0.3 is 5.97 Å². The van der Waals surface area contributed by atoms with Crippen molar-refractivity contribution in [2.24, 2.45) is 0 Å². The maximum absolute atomic E-state index is 12.1. The third kappa shape index (κ3) is 4.47. The lowest BCUT2D eigenvalue weighted by molar-refractivity contribution is -0.118. The zero-order chi connectivity index (χ0) is 19.9. The lowest BCUT2D eigenvalue weighted by Crippen LogP contribution is -2.21. The largest absolute Gasteiger partial charge is 0.496 e. The van der Waals surface area contributed by atoms with E-state index in [1.54, 1.807) is 30.1 Å². The summed E-state index contributed by atoms with van der Waals surface area (Å²) in [6.07, 6.45) is 1.65. The molecule has 28 heavy (non-hydrogen) atoms. The highest BCUT2D eigenvalue weighted by molar-refractivity contribution is 7.08. The molecule has 0 saturated heterocycles. The first-order valence-corrected chi connectivity index (χ1v) is 9.23. The molecule has 3 aromatic rings. The van der Waals surface area contributed by atoms with Crippen molar-refractivity contribution in [3.63, 3.8) is 0 Å². The minimum Gasteiger partial charge on any atom is -0.496 e. The number of thiophene rings is 1. The summed E-state index contributed by atoms with van der Waals surface area (Å²) in [6, 6.07) is 11.1. The lowest BCUT2D eigenvalue weighted by Gasteiger charge is -2.09. The number of hydrogen-bond donors (Lipinski definition) is 1. The summed E-state index contributed by atoms with van der Waals surface area (Å²) in [4.78, 5) is 28.0. The van der Waals surface area contributed by atoms with E-state index in [0.29, 0.717) is 17.1 Å². The predicted molar refractivity (Wildman–Crippen MR) is 106 cm³/mol. The van der Waals surface area contributed by atoms with Gasteiger partial charge < -0.3 is 19.5 Å². The van der Waals surface area contributed by atoms with Crippen LogP contribution >= 0.6 is 11.3 Å². The van der Waals surface area contributed by atoms with Crippen LogP contribution in [0.5, 0.6) is 11.6 Å². The number of methoxy groups -OCH3 is 2. The number of ether oxygens (including phenoxy) is 3. The van der Waals surface area contributed by atoms with Crippen molar-refractivity contribution in [2.45, 2.75) is 0 Å². The maximum atomic E-state index is 12.1. The molecule has 144 valence electrons. The molecule has 1 aromatic carbocycles. The molecular weight excluding hydrogens is 380 g/mol. The molecule has 2 heterocycles. The molecule has 7 nitrogen and oxygen atoms in total. The maximum Gasteiger partial charge on any atom is 0.340 e. The van der Waals surface area contributed by atoms with Gasteiger partial charge in [-0.3, -0.25) is 4.79 Å². The second kappa shape index (κ2) is 9.01. The van der Waals surface area contributed by atoms with Gasteiger partial charge in [0.25, 0.3) is 5.91 Å². The second-order valence-corrected chi connectivity index (χ2v) is 6.36. The number of benzene rings is 1. The van der Waals surface area contributed by atoms with Crippen molar-refractivity contribution in [3.8, 4) is 22.8 Å². The van der Waals surface area contributed by atoms with Gasteiger partial charge in [0.05, 0.1) is 25.5 Å².